The molecule has 0 saturated carbocycles. The van der Waals surface area contributed by atoms with E-state index in [0.29, 0.717) is 11.6 Å². The van der Waals surface area contributed by atoms with E-state index in [1.54, 1.807) is 12.1 Å². The molecule has 0 aromatic heterocycles. The van der Waals surface area contributed by atoms with Crippen molar-refractivity contribution in [1.29, 1.82) is 0 Å². The van der Waals surface area contributed by atoms with Gasteiger partial charge in [-0.25, -0.2) is 5.14 Å². The molecule has 0 spiro atoms. The number of nitrogens with one attached hydrogen (secondary N) is 1. The van der Waals surface area contributed by atoms with Crippen LogP contribution in [0.15, 0.2) is 24.3 Å². The summed E-state index contributed by atoms with van der Waals surface area (Å²) < 4.78 is 23.7. The molecule has 15 heavy (non-hydrogen) atoms. The number of rotatable bonds is 4. The van der Waals surface area contributed by atoms with Crippen molar-refractivity contribution in [3.63, 3.8) is 0 Å². The van der Waals surface area contributed by atoms with Gasteiger partial charge in [-0.05, 0) is 30.0 Å². The van der Waals surface area contributed by atoms with Crippen LogP contribution in [0.25, 0.3) is 0 Å². The molecule has 1 aromatic carbocycles. The van der Waals surface area contributed by atoms with Crippen molar-refractivity contribution in [2.75, 3.05) is 4.72 Å². The van der Waals surface area contributed by atoms with Gasteiger partial charge in [0.2, 0.25) is 0 Å². The van der Waals surface area contributed by atoms with Crippen molar-refractivity contribution in [3.05, 3.63) is 29.8 Å². The summed E-state index contributed by atoms with van der Waals surface area (Å²) in [6.07, 6.45) is 1.06. The highest BCUT2D eigenvalue weighted by molar-refractivity contribution is 7.90. The molecule has 0 aliphatic carbocycles. The maximum absolute atomic E-state index is 10.7. The molecular formula is C10H16N2O2S. The summed E-state index contributed by atoms with van der Waals surface area (Å²) in [5, 5.41) is 4.85. The second-order valence-electron chi connectivity index (χ2n) is 3.58. The Hall–Kier alpha value is -1.07. The fraction of sp³-hybridized carbons (Fsp3) is 0.400. The van der Waals surface area contributed by atoms with E-state index in [2.05, 4.69) is 18.6 Å². The minimum Gasteiger partial charge on any atom is -0.271 e. The monoisotopic (exact) mass is 228 g/mol. The largest absolute Gasteiger partial charge is 0.296 e. The Morgan fingerprint density at radius 2 is 1.87 bits per heavy atom. The lowest BCUT2D eigenvalue weighted by atomic mass is 9.99. The normalized spacial score (nSPS) is 13.5. The average molecular weight is 228 g/mol. The summed E-state index contributed by atoms with van der Waals surface area (Å²) in [6.45, 7) is 4.24. The minimum absolute atomic E-state index is 0.480. The van der Waals surface area contributed by atoms with Gasteiger partial charge in [-0.15, -0.1) is 0 Å². The van der Waals surface area contributed by atoms with Gasteiger partial charge in [0, 0.05) is 5.69 Å². The molecule has 0 saturated heterocycles. The first kappa shape index (κ1) is 12.0. The van der Waals surface area contributed by atoms with Crippen LogP contribution in [0.1, 0.15) is 31.7 Å². The number of nitrogens with two attached hydrogens (primary N) is 1. The summed E-state index contributed by atoms with van der Waals surface area (Å²) in [4.78, 5) is 0. The summed E-state index contributed by atoms with van der Waals surface area (Å²) >= 11 is 0. The lowest BCUT2D eigenvalue weighted by Gasteiger charge is -2.09. The Kier molecular flexibility index (Phi) is 3.71. The van der Waals surface area contributed by atoms with E-state index in [1.165, 1.54) is 5.56 Å². The van der Waals surface area contributed by atoms with Gasteiger partial charge in [0.1, 0.15) is 0 Å². The average Bonchev–Trinajstić information content (AvgIpc) is 2.15. The van der Waals surface area contributed by atoms with Gasteiger partial charge in [0.25, 0.3) is 10.2 Å². The molecule has 3 N–H and O–H groups in total. The zero-order valence-electron chi connectivity index (χ0n) is 8.90. The standard InChI is InChI=1S/C10H16N2O2S/c1-3-8(2)9-4-6-10(7-5-9)12-15(11,13)14/h4-8,12H,3H2,1-2H3,(H2,11,13,14). The molecule has 0 aliphatic heterocycles. The molecular weight excluding hydrogens is 212 g/mol. The Morgan fingerprint density at radius 1 is 1.33 bits per heavy atom. The third kappa shape index (κ3) is 3.89. The van der Waals surface area contributed by atoms with Gasteiger partial charge in [-0.1, -0.05) is 26.0 Å². The Morgan fingerprint density at radius 3 is 2.27 bits per heavy atom. The maximum atomic E-state index is 10.7. The summed E-state index contributed by atoms with van der Waals surface area (Å²) in [5.74, 6) is 0.480. The van der Waals surface area contributed by atoms with E-state index in [9.17, 15) is 8.42 Å². The number of anilines is 1. The van der Waals surface area contributed by atoms with Crippen LogP contribution in [0.4, 0.5) is 5.69 Å². The second kappa shape index (κ2) is 4.63. The van der Waals surface area contributed by atoms with Gasteiger partial charge in [-0.2, -0.15) is 8.42 Å². The van der Waals surface area contributed by atoms with E-state index >= 15 is 0 Å². The van der Waals surface area contributed by atoms with Crippen LogP contribution in [0.3, 0.4) is 0 Å². The fourth-order valence-corrected chi connectivity index (χ4v) is 1.74. The van der Waals surface area contributed by atoms with Crippen molar-refractivity contribution in [2.24, 2.45) is 5.14 Å². The number of benzene rings is 1. The molecule has 1 unspecified atom stereocenters. The van der Waals surface area contributed by atoms with E-state index in [-0.39, 0.29) is 0 Å². The van der Waals surface area contributed by atoms with Crippen molar-refractivity contribution >= 4 is 15.9 Å². The fourth-order valence-electron chi connectivity index (χ4n) is 1.28. The van der Waals surface area contributed by atoms with Crippen molar-refractivity contribution < 1.29 is 8.42 Å². The van der Waals surface area contributed by atoms with Crippen molar-refractivity contribution in [2.45, 2.75) is 26.2 Å². The van der Waals surface area contributed by atoms with Crippen molar-refractivity contribution in [1.82, 2.24) is 0 Å². The highest BCUT2D eigenvalue weighted by Crippen LogP contribution is 2.20. The smallest absolute Gasteiger partial charge is 0.271 e. The van der Waals surface area contributed by atoms with E-state index in [0.717, 1.165) is 6.42 Å². The third-order valence-corrected chi connectivity index (χ3v) is 2.87. The van der Waals surface area contributed by atoms with Gasteiger partial charge in [0.05, 0.1) is 0 Å². The van der Waals surface area contributed by atoms with E-state index in [4.69, 9.17) is 5.14 Å². The molecule has 0 amide bonds. The molecule has 1 atom stereocenters. The quantitative estimate of drug-likeness (QED) is 0.825. The molecule has 0 aliphatic rings. The lowest BCUT2D eigenvalue weighted by Crippen LogP contribution is -2.21. The maximum Gasteiger partial charge on any atom is 0.296 e. The van der Waals surface area contributed by atoms with Crippen LogP contribution >= 0.6 is 0 Å². The topological polar surface area (TPSA) is 72.2 Å². The molecule has 0 fully saturated rings. The second-order valence-corrected chi connectivity index (χ2v) is 4.87. The zero-order chi connectivity index (χ0) is 11.5. The van der Waals surface area contributed by atoms with Crippen LogP contribution < -0.4 is 9.86 Å². The summed E-state index contributed by atoms with van der Waals surface area (Å²) in [6, 6.07) is 7.24. The molecule has 1 aromatic rings. The van der Waals surface area contributed by atoms with Gasteiger partial charge >= 0.3 is 0 Å². The summed E-state index contributed by atoms with van der Waals surface area (Å²) in [5.41, 5.74) is 1.68. The van der Waals surface area contributed by atoms with Gasteiger partial charge < -0.3 is 0 Å². The van der Waals surface area contributed by atoms with Gasteiger partial charge in [-0.3, -0.25) is 4.72 Å². The first-order valence-corrected chi connectivity index (χ1v) is 6.37. The SMILES string of the molecule is CCC(C)c1ccc(NS(N)(=O)=O)cc1. The van der Waals surface area contributed by atoms with Crippen LogP contribution in [0, 0.1) is 0 Å². The molecule has 1 rings (SSSR count). The molecule has 0 heterocycles. The molecule has 84 valence electrons. The summed E-state index contributed by atoms with van der Waals surface area (Å²) in [7, 11) is -3.67. The first-order valence-electron chi connectivity index (χ1n) is 4.83. The Balaban J connectivity index is 2.81. The highest BCUT2D eigenvalue weighted by atomic mass is 32.2. The Bertz CT molecular complexity index is 412. The third-order valence-electron chi connectivity index (χ3n) is 2.35. The molecule has 0 radical (unpaired) electrons. The highest BCUT2D eigenvalue weighted by Gasteiger charge is 2.04. The van der Waals surface area contributed by atoms with Crippen LogP contribution in [-0.2, 0) is 10.2 Å². The minimum atomic E-state index is -3.67. The molecule has 0 bridgehead atoms. The number of hydrogen-bond acceptors (Lipinski definition) is 2. The predicted molar refractivity (Wildman–Crippen MR) is 61.9 cm³/mol. The van der Waals surface area contributed by atoms with Crippen LogP contribution in [0.5, 0.6) is 0 Å². The lowest BCUT2D eigenvalue weighted by molar-refractivity contribution is 0.603. The zero-order valence-corrected chi connectivity index (χ0v) is 9.71. The van der Waals surface area contributed by atoms with Crippen molar-refractivity contribution in [3.8, 4) is 0 Å². The number of hydrogen-bond donors (Lipinski definition) is 2. The van der Waals surface area contributed by atoms with E-state index in [1.807, 2.05) is 12.1 Å². The van der Waals surface area contributed by atoms with E-state index < -0.39 is 10.2 Å². The first-order chi connectivity index (χ1) is 6.92. The Labute approximate surface area is 90.7 Å². The predicted octanol–water partition coefficient (Wildman–Crippen LogP) is 1.82. The van der Waals surface area contributed by atoms with Crippen LogP contribution in [-0.4, -0.2) is 8.42 Å². The molecule has 5 heteroatoms. The molecule has 4 nitrogen and oxygen atoms in total. The van der Waals surface area contributed by atoms with Crippen LogP contribution in [0.2, 0.25) is 0 Å². The van der Waals surface area contributed by atoms with Gasteiger partial charge in [0.15, 0.2) is 0 Å².